The molecule has 1 saturated heterocycles. The van der Waals surface area contributed by atoms with Crippen LogP contribution in [-0.2, 0) is 0 Å². The van der Waals surface area contributed by atoms with Crippen molar-refractivity contribution in [3.05, 3.63) is 24.1 Å². The highest BCUT2D eigenvalue weighted by atomic mass is 19.1. The Hall–Kier alpha value is -1.12. The fraction of sp³-hybridized carbons (Fsp3) is 0.643. The molecule has 1 aliphatic rings. The predicted molar refractivity (Wildman–Crippen MR) is 68.7 cm³/mol. The minimum absolute atomic E-state index is 0.384. The molecule has 0 aromatic carbocycles. The van der Waals surface area contributed by atoms with Crippen LogP contribution >= 0.6 is 0 Å². The van der Waals surface area contributed by atoms with Crippen molar-refractivity contribution >= 4 is 5.82 Å². The summed E-state index contributed by atoms with van der Waals surface area (Å²) in [6, 6.07) is 5.03. The summed E-state index contributed by atoms with van der Waals surface area (Å²) in [4.78, 5) is 6.16. The van der Waals surface area contributed by atoms with Crippen molar-refractivity contribution in [3.63, 3.8) is 0 Å². The zero-order chi connectivity index (χ0) is 12.3. The van der Waals surface area contributed by atoms with Crippen LogP contribution < -0.4 is 4.90 Å². The second-order valence-electron chi connectivity index (χ2n) is 5.01. The summed E-state index contributed by atoms with van der Waals surface area (Å²) < 4.78 is 13.1. The van der Waals surface area contributed by atoms with Crippen LogP contribution in [0.15, 0.2) is 18.2 Å². The highest BCUT2D eigenvalue weighted by molar-refractivity contribution is 5.38. The summed E-state index contributed by atoms with van der Waals surface area (Å²) in [5, 5.41) is 0. The van der Waals surface area contributed by atoms with Gasteiger partial charge in [0.25, 0.3) is 0 Å². The van der Waals surface area contributed by atoms with Crippen LogP contribution in [0.5, 0.6) is 0 Å². The van der Waals surface area contributed by atoms with Crippen molar-refractivity contribution in [2.45, 2.75) is 39.5 Å². The number of pyridine rings is 1. The summed E-state index contributed by atoms with van der Waals surface area (Å²) >= 11 is 0. The number of anilines is 1. The molecule has 2 heterocycles. The van der Waals surface area contributed by atoms with E-state index in [0.29, 0.717) is 5.41 Å². The molecule has 0 radical (unpaired) electrons. The van der Waals surface area contributed by atoms with Crippen LogP contribution in [0, 0.1) is 11.4 Å². The Bertz CT molecular complexity index is 364. The van der Waals surface area contributed by atoms with Crippen LogP contribution in [0.25, 0.3) is 0 Å². The van der Waals surface area contributed by atoms with E-state index in [-0.39, 0.29) is 5.95 Å². The number of nitrogens with zero attached hydrogens (tertiary/aromatic N) is 2. The Morgan fingerprint density at radius 2 is 1.88 bits per heavy atom. The zero-order valence-electron chi connectivity index (χ0n) is 10.7. The van der Waals surface area contributed by atoms with E-state index in [0.717, 1.165) is 18.9 Å². The summed E-state index contributed by atoms with van der Waals surface area (Å²) in [5.74, 6) is 0.399. The first kappa shape index (κ1) is 12.3. The van der Waals surface area contributed by atoms with Gasteiger partial charge in [0.1, 0.15) is 5.82 Å². The Labute approximate surface area is 103 Å². The van der Waals surface area contributed by atoms with E-state index < -0.39 is 0 Å². The first-order valence-corrected chi connectivity index (χ1v) is 6.56. The number of piperidine rings is 1. The lowest BCUT2D eigenvalue weighted by molar-refractivity contribution is 0.199. The van der Waals surface area contributed by atoms with Gasteiger partial charge in [0.2, 0.25) is 5.95 Å². The first-order valence-electron chi connectivity index (χ1n) is 6.56. The maximum Gasteiger partial charge on any atom is 0.214 e. The number of halogens is 1. The van der Waals surface area contributed by atoms with Gasteiger partial charge < -0.3 is 4.90 Å². The molecule has 94 valence electrons. The van der Waals surface area contributed by atoms with Gasteiger partial charge in [-0.05, 0) is 30.4 Å². The van der Waals surface area contributed by atoms with Gasteiger partial charge in [-0.15, -0.1) is 0 Å². The molecule has 1 fully saturated rings. The summed E-state index contributed by atoms with van der Waals surface area (Å²) in [5.41, 5.74) is 0.504. The molecule has 0 atom stereocenters. The third-order valence-corrected chi connectivity index (χ3v) is 4.35. The molecule has 2 nitrogen and oxygen atoms in total. The maximum absolute atomic E-state index is 13.1. The normalized spacial score (nSPS) is 19.4. The van der Waals surface area contributed by atoms with E-state index in [2.05, 4.69) is 23.7 Å². The summed E-state index contributed by atoms with van der Waals surface area (Å²) in [7, 11) is 0. The van der Waals surface area contributed by atoms with Gasteiger partial charge >= 0.3 is 0 Å². The lowest BCUT2D eigenvalue weighted by Gasteiger charge is -2.41. The molecule has 0 aliphatic carbocycles. The van der Waals surface area contributed by atoms with Crippen molar-refractivity contribution in [2.24, 2.45) is 5.41 Å². The largest absolute Gasteiger partial charge is 0.356 e. The quantitative estimate of drug-likeness (QED) is 0.745. The van der Waals surface area contributed by atoms with Crippen molar-refractivity contribution in [1.82, 2.24) is 4.98 Å². The molecule has 1 aromatic rings. The standard InChI is InChI=1S/C14H21FN2/c1-3-14(4-2)8-10-17(11-9-14)13-7-5-6-12(15)16-13/h5-7H,3-4,8-11H2,1-2H3. The van der Waals surface area contributed by atoms with Crippen LogP contribution in [0.3, 0.4) is 0 Å². The maximum atomic E-state index is 13.1. The smallest absolute Gasteiger partial charge is 0.214 e. The third kappa shape index (κ3) is 2.59. The van der Waals surface area contributed by atoms with Gasteiger partial charge in [0.05, 0.1) is 0 Å². The molecule has 0 amide bonds. The average Bonchev–Trinajstić information content (AvgIpc) is 2.39. The number of rotatable bonds is 3. The van der Waals surface area contributed by atoms with E-state index in [1.807, 2.05) is 6.07 Å². The Balaban J connectivity index is 2.04. The van der Waals surface area contributed by atoms with Gasteiger partial charge in [-0.2, -0.15) is 4.39 Å². The molecule has 0 spiro atoms. The van der Waals surface area contributed by atoms with Crippen LogP contribution in [0.1, 0.15) is 39.5 Å². The van der Waals surface area contributed by atoms with Gasteiger partial charge in [0.15, 0.2) is 0 Å². The van der Waals surface area contributed by atoms with Crippen molar-refractivity contribution in [1.29, 1.82) is 0 Å². The fourth-order valence-electron chi connectivity index (χ4n) is 2.74. The fourth-order valence-corrected chi connectivity index (χ4v) is 2.74. The van der Waals surface area contributed by atoms with Gasteiger partial charge in [0, 0.05) is 13.1 Å². The molecule has 3 heteroatoms. The highest BCUT2D eigenvalue weighted by Gasteiger charge is 2.31. The van der Waals surface area contributed by atoms with Crippen molar-refractivity contribution < 1.29 is 4.39 Å². The lowest BCUT2D eigenvalue weighted by atomic mass is 9.74. The Kier molecular flexibility index (Phi) is 3.65. The van der Waals surface area contributed by atoms with Gasteiger partial charge in [-0.1, -0.05) is 32.8 Å². The molecule has 1 aromatic heterocycles. The van der Waals surface area contributed by atoms with Crippen LogP contribution in [-0.4, -0.2) is 18.1 Å². The predicted octanol–water partition coefficient (Wildman–Crippen LogP) is 3.63. The molecule has 2 rings (SSSR count). The molecule has 0 unspecified atom stereocenters. The third-order valence-electron chi connectivity index (χ3n) is 4.35. The van der Waals surface area contributed by atoms with Crippen LogP contribution in [0.2, 0.25) is 0 Å². The summed E-state index contributed by atoms with van der Waals surface area (Å²) in [6.45, 7) is 6.55. The Morgan fingerprint density at radius 3 is 2.41 bits per heavy atom. The second-order valence-corrected chi connectivity index (χ2v) is 5.01. The number of aromatic nitrogens is 1. The highest BCUT2D eigenvalue weighted by Crippen LogP contribution is 2.38. The second kappa shape index (κ2) is 5.03. The van der Waals surface area contributed by atoms with E-state index in [9.17, 15) is 4.39 Å². The molecule has 0 N–H and O–H groups in total. The Morgan fingerprint density at radius 1 is 1.24 bits per heavy atom. The topological polar surface area (TPSA) is 16.1 Å². The molecule has 0 bridgehead atoms. The average molecular weight is 236 g/mol. The lowest BCUT2D eigenvalue weighted by Crippen LogP contribution is -2.40. The SMILES string of the molecule is CCC1(CC)CCN(c2cccc(F)n2)CC1. The van der Waals surface area contributed by atoms with E-state index in [4.69, 9.17) is 0 Å². The summed E-state index contributed by atoms with van der Waals surface area (Å²) in [6.07, 6.45) is 4.87. The van der Waals surface area contributed by atoms with Crippen LogP contribution in [0.4, 0.5) is 10.2 Å². The molecule has 1 aliphatic heterocycles. The minimum Gasteiger partial charge on any atom is -0.356 e. The molecule has 0 saturated carbocycles. The molecular weight excluding hydrogens is 215 g/mol. The van der Waals surface area contributed by atoms with Crippen molar-refractivity contribution in [2.75, 3.05) is 18.0 Å². The molecular formula is C14H21FN2. The van der Waals surface area contributed by atoms with Gasteiger partial charge in [-0.25, -0.2) is 4.98 Å². The minimum atomic E-state index is -0.384. The monoisotopic (exact) mass is 236 g/mol. The first-order chi connectivity index (χ1) is 8.19. The van der Waals surface area contributed by atoms with Gasteiger partial charge in [-0.3, -0.25) is 0 Å². The van der Waals surface area contributed by atoms with E-state index >= 15 is 0 Å². The number of hydrogen-bond donors (Lipinski definition) is 0. The molecule has 17 heavy (non-hydrogen) atoms. The number of hydrogen-bond acceptors (Lipinski definition) is 2. The zero-order valence-corrected chi connectivity index (χ0v) is 10.7. The van der Waals surface area contributed by atoms with E-state index in [1.165, 1.54) is 31.7 Å². The van der Waals surface area contributed by atoms with Crippen molar-refractivity contribution in [3.8, 4) is 0 Å². The van der Waals surface area contributed by atoms with E-state index in [1.54, 1.807) is 6.07 Å².